The molecule has 1 aliphatic carbocycles. The molecule has 142 valence electrons. The predicted molar refractivity (Wildman–Crippen MR) is 101 cm³/mol. The van der Waals surface area contributed by atoms with Gasteiger partial charge >= 0.3 is 0 Å². The van der Waals surface area contributed by atoms with Gasteiger partial charge in [-0.25, -0.2) is 21.6 Å². The highest BCUT2D eigenvalue weighted by molar-refractivity contribution is 7.91. The van der Waals surface area contributed by atoms with Crippen molar-refractivity contribution in [1.82, 2.24) is 4.72 Å². The van der Waals surface area contributed by atoms with Gasteiger partial charge in [0.05, 0.1) is 16.4 Å². The van der Waals surface area contributed by atoms with Crippen LogP contribution in [0.25, 0.3) is 0 Å². The molecular formula is C18H29NO4S2. The highest BCUT2D eigenvalue weighted by atomic mass is 32.2. The number of hydrogen-bond acceptors (Lipinski definition) is 4. The van der Waals surface area contributed by atoms with E-state index in [0.29, 0.717) is 17.2 Å². The number of nitrogens with one attached hydrogen (secondary N) is 1. The van der Waals surface area contributed by atoms with Crippen LogP contribution in [0.2, 0.25) is 0 Å². The van der Waals surface area contributed by atoms with Gasteiger partial charge in [-0.05, 0) is 49.3 Å². The van der Waals surface area contributed by atoms with Gasteiger partial charge in [0.15, 0.2) is 9.84 Å². The van der Waals surface area contributed by atoms with Crippen molar-refractivity contribution in [2.24, 2.45) is 5.92 Å². The van der Waals surface area contributed by atoms with E-state index in [1.54, 1.807) is 19.1 Å². The van der Waals surface area contributed by atoms with Crippen LogP contribution < -0.4 is 4.72 Å². The van der Waals surface area contributed by atoms with Crippen LogP contribution in [0.4, 0.5) is 0 Å². The van der Waals surface area contributed by atoms with Gasteiger partial charge in [0.2, 0.25) is 10.0 Å². The molecule has 0 aliphatic heterocycles. The first-order valence-electron chi connectivity index (χ1n) is 8.97. The average molecular weight is 388 g/mol. The minimum atomic E-state index is -3.43. The molecule has 0 amide bonds. The van der Waals surface area contributed by atoms with Crippen LogP contribution >= 0.6 is 0 Å². The minimum absolute atomic E-state index is 0.00900. The van der Waals surface area contributed by atoms with Crippen LogP contribution in [0, 0.1) is 5.92 Å². The number of benzene rings is 1. The van der Waals surface area contributed by atoms with Gasteiger partial charge < -0.3 is 0 Å². The van der Waals surface area contributed by atoms with Gasteiger partial charge in [-0.2, -0.15) is 0 Å². The second-order valence-corrected chi connectivity index (χ2v) is 11.3. The molecule has 1 N–H and O–H groups in total. The van der Waals surface area contributed by atoms with Gasteiger partial charge in [0.1, 0.15) is 0 Å². The molecule has 0 bridgehead atoms. The van der Waals surface area contributed by atoms with Gasteiger partial charge in [-0.15, -0.1) is 0 Å². The summed E-state index contributed by atoms with van der Waals surface area (Å²) in [6.45, 7) is 5.72. The maximum absolute atomic E-state index is 12.8. The molecule has 2 rings (SSSR count). The Morgan fingerprint density at radius 2 is 1.64 bits per heavy atom. The summed E-state index contributed by atoms with van der Waals surface area (Å²) in [5.74, 6) is 0.178. The number of hydrogen-bond donors (Lipinski definition) is 1. The summed E-state index contributed by atoms with van der Waals surface area (Å²) in [5, 5.41) is 0. The van der Waals surface area contributed by atoms with Gasteiger partial charge in [-0.1, -0.05) is 38.8 Å². The smallest absolute Gasteiger partial charge is 0.211 e. The van der Waals surface area contributed by atoms with Crippen molar-refractivity contribution < 1.29 is 16.8 Å². The molecule has 1 aliphatic rings. The Balaban J connectivity index is 2.16. The van der Waals surface area contributed by atoms with Gasteiger partial charge in [0, 0.05) is 6.04 Å². The molecule has 2 atom stereocenters. The summed E-state index contributed by atoms with van der Waals surface area (Å²) < 4.78 is 52.0. The first-order chi connectivity index (χ1) is 11.6. The molecule has 0 aromatic heterocycles. The Labute approximate surface area is 152 Å². The zero-order chi connectivity index (χ0) is 18.7. The van der Waals surface area contributed by atoms with E-state index in [9.17, 15) is 16.8 Å². The third-order valence-electron chi connectivity index (χ3n) is 4.96. The second-order valence-electron chi connectivity index (χ2n) is 7.18. The van der Waals surface area contributed by atoms with E-state index in [1.807, 2.05) is 12.1 Å². The SMILES string of the molecule is CCS(=O)(=O)N[C@H]1CCCC[C@@H]1CS(=O)(=O)c1ccc(C(C)C)cc1. The van der Waals surface area contributed by atoms with Crippen molar-refractivity contribution in [3.63, 3.8) is 0 Å². The summed E-state index contributed by atoms with van der Waals surface area (Å²) in [6, 6.07) is 6.76. The van der Waals surface area contributed by atoms with Crippen molar-refractivity contribution in [3.05, 3.63) is 29.8 Å². The quantitative estimate of drug-likeness (QED) is 0.780. The molecule has 0 saturated heterocycles. The van der Waals surface area contributed by atoms with Crippen LogP contribution in [-0.4, -0.2) is 34.4 Å². The Hall–Kier alpha value is -0.920. The summed E-state index contributed by atoms with van der Waals surface area (Å²) >= 11 is 0. The van der Waals surface area contributed by atoms with Crippen molar-refractivity contribution >= 4 is 19.9 Å². The normalized spacial score (nSPS) is 22.2. The Bertz CT molecular complexity index is 768. The van der Waals surface area contributed by atoms with Crippen LogP contribution in [-0.2, 0) is 19.9 Å². The van der Waals surface area contributed by atoms with Gasteiger partial charge in [0.25, 0.3) is 0 Å². The number of sulfone groups is 1. The molecule has 0 heterocycles. The Morgan fingerprint density at radius 3 is 2.20 bits per heavy atom. The van der Waals surface area contributed by atoms with Crippen LogP contribution in [0.5, 0.6) is 0 Å². The van der Waals surface area contributed by atoms with E-state index >= 15 is 0 Å². The molecular weight excluding hydrogens is 358 g/mol. The Morgan fingerprint density at radius 1 is 1.04 bits per heavy atom. The fourth-order valence-electron chi connectivity index (χ4n) is 3.31. The van der Waals surface area contributed by atoms with Crippen LogP contribution in [0.1, 0.15) is 57.9 Å². The summed E-state index contributed by atoms with van der Waals surface area (Å²) in [5.41, 5.74) is 1.10. The maximum Gasteiger partial charge on any atom is 0.211 e. The standard InChI is InChI=1S/C18H29NO4S2/c1-4-25(22,23)19-18-8-6-5-7-16(18)13-24(20,21)17-11-9-15(10-12-17)14(2)3/h9-12,14,16,18-19H,4-8,13H2,1-3H3/t16-,18+/m1/s1. The molecule has 5 nitrogen and oxygen atoms in total. The summed E-state index contributed by atoms with van der Waals surface area (Å²) in [6.07, 6.45) is 3.30. The molecule has 1 aromatic carbocycles. The van der Waals surface area contributed by atoms with E-state index in [0.717, 1.165) is 24.8 Å². The monoisotopic (exact) mass is 387 g/mol. The first kappa shape index (κ1) is 20.4. The summed E-state index contributed by atoms with van der Waals surface area (Å²) in [7, 11) is -6.76. The predicted octanol–water partition coefficient (Wildman–Crippen LogP) is 3.08. The van der Waals surface area contributed by atoms with Crippen LogP contribution in [0.15, 0.2) is 29.2 Å². The van der Waals surface area contributed by atoms with E-state index in [-0.39, 0.29) is 23.5 Å². The van der Waals surface area contributed by atoms with Crippen molar-refractivity contribution in [2.45, 2.75) is 63.3 Å². The third-order valence-corrected chi connectivity index (χ3v) is 8.24. The molecule has 1 saturated carbocycles. The zero-order valence-corrected chi connectivity index (χ0v) is 16.9. The summed E-state index contributed by atoms with van der Waals surface area (Å²) in [4.78, 5) is 0.319. The highest BCUT2D eigenvalue weighted by Gasteiger charge is 2.32. The lowest BCUT2D eigenvalue weighted by molar-refractivity contribution is 0.311. The van der Waals surface area contributed by atoms with Gasteiger partial charge in [-0.3, -0.25) is 0 Å². The maximum atomic E-state index is 12.8. The van der Waals surface area contributed by atoms with Crippen molar-refractivity contribution in [3.8, 4) is 0 Å². The lowest BCUT2D eigenvalue weighted by Gasteiger charge is -2.31. The molecule has 25 heavy (non-hydrogen) atoms. The van der Waals surface area contributed by atoms with E-state index < -0.39 is 19.9 Å². The Kier molecular flexibility index (Phi) is 6.68. The van der Waals surface area contributed by atoms with Crippen molar-refractivity contribution in [2.75, 3.05) is 11.5 Å². The third kappa shape index (κ3) is 5.53. The molecule has 0 spiro atoms. The van der Waals surface area contributed by atoms with Crippen LogP contribution in [0.3, 0.4) is 0 Å². The average Bonchev–Trinajstić information content (AvgIpc) is 2.56. The minimum Gasteiger partial charge on any atom is -0.224 e. The lowest BCUT2D eigenvalue weighted by Crippen LogP contribution is -2.44. The second kappa shape index (κ2) is 8.18. The highest BCUT2D eigenvalue weighted by Crippen LogP contribution is 2.28. The largest absolute Gasteiger partial charge is 0.224 e. The zero-order valence-electron chi connectivity index (χ0n) is 15.2. The molecule has 1 aromatic rings. The molecule has 0 radical (unpaired) electrons. The van der Waals surface area contributed by atoms with E-state index in [4.69, 9.17) is 0 Å². The number of rotatable bonds is 7. The van der Waals surface area contributed by atoms with E-state index in [1.165, 1.54) is 0 Å². The molecule has 1 fully saturated rings. The molecule has 7 heteroatoms. The van der Waals surface area contributed by atoms with Crippen molar-refractivity contribution in [1.29, 1.82) is 0 Å². The fraction of sp³-hybridized carbons (Fsp3) is 0.667. The topological polar surface area (TPSA) is 80.3 Å². The fourth-order valence-corrected chi connectivity index (χ4v) is 5.96. The molecule has 0 unspecified atom stereocenters. The lowest BCUT2D eigenvalue weighted by atomic mass is 9.86. The first-order valence-corrected chi connectivity index (χ1v) is 12.3. The van der Waals surface area contributed by atoms with E-state index in [2.05, 4.69) is 18.6 Å². The number of sulfonamides is 1.